The van der Waals surface area contributed by atoms with Crippen molar-refractivity contribution in [1.82, 2.24) is 24.8 Å². The molecule has 1 fully saturated rings. The number of H-pyrrole nitrogens is 1. The fourth-order valence-corrected chi connectivity index (χ4v) is 5.49. The van der Waals surface area contributed by atoms with E-state index in [1.165, 1.54) is 15.9 Å². The molecule has 10 nitrogen and oxygen atoms in total. The van der Waals surface area contributed by atoms with Crippen LogP contribution in [0, 0.1) is 0 Å². The first-order chi connectivity index (χ1) is 15.5. The third kappa shape index (κ3) is 3.47. The quantitative estimate of drug-likeness (QED) is 0.592. The highest BCUT2D eigenvalue weighted by atomic mass is 32.1. The maximum absolute atomic E-state index is 12.6. The van der Waals surface area contributed by atoms with Gasteiger partial charge in [0.2, 0.25) is 5.88 Å². The second-order valence-electron chi connectivity index (χ2n) is 7.93. The number of amides is 1. The van der Waals surface area contributed by atoms with Gasteiger partial charge >= 0.3 is 5.69 Å². The van der Waals surface area contributed by atoms with Gasteiger partial charge in [-0.3, -0.25) is 19.1 Å². The fourth-order valence-electron chi connectivity index (χ4n) is 4.39. The number of ether oxygens (including phenoxy) is 1. The minimum absolute atomic E-state index is 0.176. The molecule has 168 valence electrons. The summed E-state index contributed by atoms with van der Waals surface area (Å²) in [6, 6.07) is 5.70. The van der Waals surface area contributed by atoms with E-state index in [9.17, 15) is 14.4 Å². The normalized spacial score (nSPS) is 18.2. The van der Waals surface area contributed by atoms with Gasteiger partial charge in [-0.05, 0) is 25.1 Å². The van der Waals surface area contributed by atoms with Gasteiger partial charge < -0.3 is 19.9 Å². The molecule has 2 N–H and O–H groups in total. The van der Waals surface area contributed by atoms with Gasteiger partial charge in [0, 0.05) is 44.6 Å². The molecule has 0 aromatic carbocycles. The third-order valence-corrected chi connectivity index (χ3v) is 7.10. The highest BCUT2D eigenvalue weighted by Gasteiger charge is 2.34. The molecule has 2 aliphatic heterocycles. The molecule has 0 bridgehead atoms. The van der Waals surface area contributed by atoms with Gasteiger partial charge in [-0.2, -0.15) is 0 Å². The lowest BCUT2D eigenvalue weighted by Crippen LogP contribution is -2.57. The fraction of sp³-hybridized carbons (Fsp3) is 0.429. The molecule has 2 aliphatic rings. The first kappa shape index (κ1) is 20.7. The van der Waals surface area contributed by atoms with E-state index in [1.54, 1.807) is 20.0 Å². The van der Waals surface area contributed by atoms with Gasteiger partial charge in [0.25, 0.3) is 11.5 Å². The smallest absolute Gasteiger partial charge is 0.328 e. The molecule has 1 amide bonds. The van der Waals surface area contributed by atoms with E-state index in [4.69, 9.17) is 4.74 Å². The molecule has 5 rings (SSSR count). The molecule has 0 spiro atoms. The number of rotatable bonds is 4. The summed E-state index contributed by atoms with van der Waals surface area (Å²) in [6.07, 6.45) is 0. The van der Waals surface area contributed by atoms with Crippen molar-refractivity contribution in [2.75, 3.05) is 38.2 Å². The maximum Gasteiger partial charge on any atom is 0.328 e. The first-order valence-electron chi connectivity index (χ1n) is 10.6. The van der Waals surface area contributed by atoms with Crippen LogP contribution in [0.4, 0.5) is 5.69 Å². The number of aromatic amines is 1. The number of aromatic nitrogens is 3. The topological polar surface area (TPSA) is 113 Å². The van der Waals surface area contributed by atoms with E-state index in [1.807, 2.05) is 12.1 Å². The van der Waals surface area contributed by atoms with E-state index in [2.05, 4.69) is 25.1 Å². The molecule has 5 heterocycles. The lowest BCUT2D eigenvalue weighted by atomic mass is 10.1. The molecule has 0 saturated carbocycles. The number of anilines is 1. The van der Waals surface area contributed by atoms with Crippen molar-refractivity contribution in [3.05, 3.63) is 49.6 Å². The number of pyridine rings is 1. The zero-order chi connectivity index (χ0) is 22.4. The SMILES string of the molecule is CCn1c(=O)[nH]c2cc(CN3CCN4c5ccc(C(=O)NC)nc5OCC4C3)sc2c1=O. The van der Waals surface area contributed by atoms with Crippen molar-refractivity contribution in [2.24, 2.45) is 0 Å². The number of nitrogens with zero attached hydrogens (tertiary/aromatic N) is 4. The lowest BCUT2D eigenvalue weighted by Gasteiger charge is -2.45. The van der Waals surface area contributed by atoms with Crippen LogP contribution in [0.25, 0.3) is 10.2 Å². The van der Waals surface area contributed by atoms with Crippen LogP contribution in [-0.2, 0) is 13.1 Å². The Morgan fingerprint density at radius 1 is 1.34 bits per heavy atom. The highest BCUT2D eigenvalue weighted by molar-refractivity contribution is 7.18. The number of piperazine rings is 1. The van der Waals surface area contributed by atoms with Crippen LogP contribution in [0.15, 0.2) is 27.8 Å². The second-order valence-corrected chi connectivity index (χ2v) is 9.07. The summed E-state index contributed by atoms with van der Waals surface area (Å²) in [5.41, 5.74) is 1.26. The molecular weight excluding hydrogens is 432 g/mol. The summed E-state index contributed by atoms with van der Waals surface area (Å²) >= 11 is 1.44. The monoisotopic (exact) mass is 456 g/mol. The number of thiophene rings is 1. The Hall–Kier alpha value is -3.18. The predicted molar refractivity (Wildman–Crippen MR) is 122 cm³/mol. The standard InChI is InChI=1S/C21H24N6O4S/c1-3-26-20(29)17-15(24-21(26)30)8-13(32-17)10-25-6-7-27-12(9-25)11-31-19-16(27)5-4-14(23-19)18(28)22-2/h4-5,8,12H,3,6-7,9-11H2,1-2H3,(H,22,28)(H,24,30). The summed E-state index contributed by atoms with van der Waals surface area (Å²) in [5.74, 6) is 0.259. The Kier molecular flexibility index (Phi) is 5.22. The molecule has 0 aliphatic carbocycles. The van der Waals surface area contributed by atoms with Crippen LogP contribution in [0.2, 0.25) is 0 Å². The highest BCUT2D eigenvalue weighted by Crippen LogP contribution is 2.34. The zero-order valence-corrected chi connectivity index (χ0v) is 18.7. The Balaban J connectivity index is 1.33. The Bertz CT molecular complexity index is 1310. The number of nitrogens with one attached hydrogen (secondary N) is 2. The molecule has 3 aromatic heterocycles. The van der Waals surface area contributed by atoms with Crippen LogP contribution >= 0.6 is 11.3 Å². The van der Waals surface area contributed by atoms with Crippen molar-refractivity contribution in [1.29, 1.82) is 0 Å². The molecule has 1 atom stereocenters. The molecule has 32 heavy (non-hydrogen) atoms. The molecule has 3 aromatic rings. The van der Waals surface area contributed by atoms with E-state index < -0.39 is 0 Å². The summed E-state index contributed by atoms with van der Waals surface area (Å²) < 4.78 is 7.70. The molecule has 0 radical (unpaired) electrons. The summed E-state index contributed by atoms with van der Waals surface area (Å²) in [7, 11) is 1.58. The number of carbonyl (C=O) groups excluding carboxylic acids is 1. The van der Waals surface area contributed by atoms with E-state index >= 15 is 0 Å². The third-order valence-electron chi connectivity index (χ3n) is 5.99. The van der Waals surface area contributed by atoms with Crippen molar-refractivity contribution < 1.29 is 9.53 Å². The average Bonchev–Trinajstić information content (AvgIpc) is 3.20. The van der Waals surface area contributed by atoms with Crippen molar-refractivity contribution in [3.63, 3.8) is 0 Å². The molecule has 1 unspecified atom stereocenters. The summed E-state index contributed by atoms with van der Waals surface area (Å²) in [6.45, 7) is 5.80. The largest absolute Gasteiger partial charge is 0.474 e. The van der Waals surface area contributed by atoms with Gasteiger partial charge in [-0.15, -0.1) is 11.3 Å². The van der Waals surface area contributed by atoms with Gasteiger partial charge in [-0.25, -0.2) is 9.78 Å². The van der Waals surface area contributed by atoms with Gasteiger partial charge in [0.05, 0.1) is 11.6 Å². The lowest BCUT2D eigenvalue weighted by molar-refractivity contribution is 0.0956. The van der Waals surface area contributed by atoms with Crippen LogP contribution in [0.5, 0.6) is 5.88 Å². The number of fused-ring (bicyclic) bond motifs is 4. The number of hydrogen-bond donors (Lipinski definition) is 2. The van der Waals surface area contributed by atoms with Gasteiger partial charge in [0.15, 0.2) is 0 Å². The molecule has 11 heteroatoms. The van der Waals surface area contributed by atoms with Gasteiger partial charge in [-0.1, -0.05) is 0 Å². The van der Waals surface area contributed by atoms with Crippen LogP contribution < -0.4 is 26.2 Å². The molecule has 1 saturated heterocycles. The Morgan fingerprint density at radius 2 is 2.19 bits per heavy atom. The predicted octanol–water partition coefficient (Wildman–Crippen LogP) is 0.609. The van der Waals surface area contributed by atoms with Crippen molar-refractivity contribution in [2.45, 2.75) is 26.1 Å². The molecular formula is C21H24N6O4S. The maximum atomic E-state index is 12.6. The average molecular weight is 457 g/mol. The van der Waals surface area contributed by atoms with Crippen LogP contribution in [0.3, 0.4) is 0 Å². The second kappa shape index (κ2) is 8.06. The Morgan fingerprint density at radius 3 is 2.97 bits per heavy atom. The summed E-state index contributed by atoms with van der Waals surface area (Å²) in [4.78, 5) is 49.3. The van der Waals surface area contributed by atoms with Crippen LogP contribution in [-0.4, -0.2) is 64.7 Å². The number of carbonyl (C=O) groups is 1. The van der Waals surface area contributed by atoms with Crippen molar-refractivity contribution in [3.8, 4) is 5.88 Å². The summed E-state index contributed by atoms with van der Waals surface area (Å²) in [5, 5.41) is 2.58. The number of hydrogen-bond acceptors (Lipinski definition) is 8. The van der Waals surface area contributed by atoms with E-state index in [-0.39, 0.29) is 23.2 Å². The zero-order valence-electron chi connectivity index (χ0n) is 17.9. The van der Waals surface area contributed by atoms with Crippen molar-refractivity contribution >= 4 is 33.1 Å². The minimum Gasteiger partial charge on any atom is -0.474 e. The minimum atomic E-state index is -0.367. The van der Waals surface area contributed by atoms with E-state index in [0.717, 1.165) is 30.2 Å². The van der Waals surface area contributed by atoms with E-state index in [0.29, 0.717) is 41.5 Å². The van der Waals surface area contributed by atoms with Crippen LogP contribution in [0.1, 0.15) is 22.3 Å². The van der Waals surface area contributed by atoms with Gasteiger partial charge in [0.1, 0.15) is 22.7 Å². The Labute approximate surface area is 187 Å². The first-order valence-corrected chi connectivity index (χ1v) is 11.4.